The molecule has 1 heterocycles. The molecule has 1 rings (SSSR count). The highest BCUT2D eigenvalue weighted by molar-refractivity contribution is 5.81. The minimum Gasteiger partial charge on any atom is -0.381 e. The summed E-state index contributed by atoms with van der Waals surface area (Å²) in [4.78, 5) is 24.1. The summed E-state index contributed by atoms with van der Waals surface area (Å²) in [6.45, 7) is 3.70. The smallest absolute Gasteiger partial charge is 0.248 e. The third-order valence-corrected chi connectivity index (χ3v) is 2.62. The van der Waals surface area contributed by atoms with Crippen molar-refractivity contribution in [1.82, 2.24) is 15.5 Å². The van der Waals surface area contributed by atoms with Gasteiger partial charge in [-0.1, -0.05) is 0 Å². The van der Waals surface area contributed by atoms with Crippen LogP contribution in [-0.2, 0) is 9.59 Å². The molecule has 1 aliphatic heterocycles. The summed E-state index contributed by atoms with van der Waals surface area (Å²) < 4.78 is 0. The normalized spacial score (nSPS) is 19.4. The fraction of sp³-hybridized carbons (Fsp3) is 0.800. The fourth-order valence-electron chi connectivity index (χ4n) is 1.63. The van der Waals surface area contributed by atoms with Gasteiger partial charge in [0.05, 0.1) is 13.1 Å². The molecule has 1 aliphatic rings. The molecule has 17 heavy (non-hydrogen) atoms. The highest BCUT2D eigenvalue weighted by Crippen LogP contribution is 1.94. The van der Waals surface area contributed by atoms with Gasteiger partial charge in [0, 0.05) is 13.1 Å². The number of aliphatic hydroxyl groups is 1. The molecular weight excluding hydrogens is 224 g/mol. The maximum atomic E-state index is 11.5. The highest BCUT2D eigenvalue weighted by atomic mass is 16.3. The largest absolute Gasteiger partial charge is 0.381 e. The molecular formula is C10H20N4O3. The summed E-state index contributed by atoms with van der Waals surface area (Å²) in [5.41, 5.74) is 4.87. The van der Waals surface area contributed by atoms with Gasteiger partial charge in [0.2, 0.25) is 11.8 Å². The van der Waals surface area contributed by atoms with E-state index in [2.05, 4.69) is 10.6 Å². The van der Waals surface area contributed by atoms with Crippen molar-refractivity contribution in [3.05, 3.63) is 0 Å². The van der Waals surface area contributed by atoms with E-state index in [1.165, 1.54) is 0 Å². The number of primary amides is 1. The molecule has 7 heteroatoms. The summed E-state index contributed by atoms with van der Waals surface area (Å²) >= 11 is 0. The van der Waals surface area contributed by atoms with Crippen molar-refractivity contribution in [3.63, 3.8) is 0 Å². The van der Waals surface area contributed by atoms with Gasteiger partial charge in [-0.3, -0.25) is 14.5 Å². The first kappa shape index (κ1) is 13.9. The Bertz CT molecular complexity index is 264. The molecule has 7 nitrogen and oxygen atoms in total. The van der Waals surface area contributed by atoms with Crippen LogP contribution in [0.25, 0.3) is 0 Å². The lowest BCUT2D eigenvalue weighted by atomic mass is 10.3. The quantitative estimate of drug-likeness (QED) is 0.419. The van der Waals surface area contributed by atoms with Crippen LogP contribution >= 0.6 is 0 Å². The van der Waals surface area contributed by atoms with Crippen LogP contribution in [0, 0.1) is 0 Å². The number of rotatable bonds is 5. The van der Waals surface area contributed by atoms with Gasteiger partial charge < -0.3 is 21.5 Å². The third-order valence-electron chi connectivity index (χ3n) is 2.62. The van der Waals surface area contributed by atoms with Gasteiger partial charge in [-0.25, -0.2) is 0 Å². The van der Waals surface area contributed by atoms with Gasteiger partial charge in [0.1, 0.15) is 6.10 Å². The summed E-state index contributed by atoms with van der Waals surface area (Å²) in [6, 6.07) is 0. The number of nitrogens with one attached hydrogen (secondary N) is 2. The van der Waals surface area contributed by atoms with Crippen molar-refractivity contribution in [2.45, 2.75) is 12.5 Å². The Balaban J connectivity index is 2.21. The van der Waals surface area contributed by atoms with Crippen LogP contribution in [0.15, 0.2) is 0 Å². The predicted octanol–water partition coefficient (Wildman–Crippen LogP) is -2.76. The fourth-order valence-corrected chi connectivity index (χ4v) is 1.63. The van der Waals surface area contributed by atoms with E-state index in [1.807, 2.05) is 4.90 Å². The molecule has 0 aromatic heterocycles. The highest BCUT2D eigenvalue weighted by Gasteiger charge is 2.15. The summed E-state index contributed by atoms with van der Waals surface area (Å²) in [5.74, 6) is -1.03. The molecule has 0 aliphatic carbocycles. The van der Waals surface area contributed by atoms with E-state index in [-0.39, 0.29) is 19.0 Å². The lowest BCUT2D eigenvalue weighted by Gasteiger charge is -2.19. The number of nitrogens with zero attached hydrogens (tertiary/aromatic N) is 1. The van der Waals surface area contributed by atoms with Crippen LogP contribution in [0.2, 0.25) is 0 Å². The Morgan fingerprint density at radius 1 is 1.41 bits per heavy atom. The van der Waals surface area contributed by atoms with Gasteiger partial charge in [0.15, 0.2) is 0 Å². The van der Waals surface area contributed by atoms with Crippen LogP contribution in [0.4, 0.5) is 0 Å². The van der Waals surface area contributed by atoms with Crippen molar-refractivity contribution in [2.24, 2.45) is 5.73 Å². The second-order valence-electron chi connectivity index (χ2n) is 4.10. The predicted molar refractivity (Wildman–Crippen MR) is 62.1 cm³/mol. The second-order valence-corrected chi connectivity index (χ2v) is 4.10. The standard InChI is InChI=1S/C10H20N4O3/c11-10(17)8(15)6-13-9(16)7-14-4-1-2-12-3-5-14/h8,12,15H,1-7H2,(H2,11,17)(H,13,16). The summed E-state index contributed by atoms with van der Waals surface area (Å²) in [5, 5.41) is 14.8. The van der Waals surface area contributed by atoms with Crippen molar-refractivity contribution < 1.29 is 14.7 Å². The van der Waals surface area contributed by atoms with E-state index in [4.69, 9.17) is 10.8 Å². The SMILES string of the molecule is NC(=O)C(O)CNC(=O)CN1CCCNCC1. The summed E-state index contributed by atoms with van der Waals surface area (Å²) in [6.07, 6.45) is -0.304. The van der Waals surface area contributed by atoms with Crippen LogP contribution in [0.1, 0.15) is 6.42 Å². The lowest BCUT2D eigenvalue weighted by molar-refractivity contribution is -0.127. The molecule has 0 bridgehead atoms. The third kappa shape index (κ3) is 5.62. The zero-order valence-corrected chi connectivity index (χ0v) is 9.82. The van der Waals surface area contributed by atoms with Crippen molar-refractivity contribution in [1.29, 1.82) is 0 Å². The molecule has 1 unspecified atom stereocenters. The van der Waals surface area contributed by atoms with Crippen molar-refractivity contribution in [2.75, 3.05) is 39.3 Å². The number of amides is 2. The molecule has 0 aromatic carbocycles. The van der Waals surface area contributed by atoms with E-state index in [1.54, 1.807) is 0 Å². The van der Waals surface area contributed by atoms with Gasteiger partial charge in [0.25, 0.3) is 0 Å². The minimum atomic E-state index is -1.32. The first-order chi connectivity index (χ1) is 8.09. The Morgan fingerprint density at radius 3 is 2.88 bits per heavy atom. The van der Waals surface area contributed by atoms with Gasteiger partial charge in [-0.2, -0.15) is 0 Å². The average Bonchev–Trinajstić information content (AvgIpc) is 2.54. The molecule has 98 valence electrons. The Hall–Kier alpha value is -1.18. The molecule has 0 aromatic rings. The number of aliphatic hydroxyl groups excluding tert-OH is 1. The Kier molecular flexibility index (Phi) is 5.88. The maximum absolute atomic E-state index is 11.5. The molecule has 0 spiro atoms. The van der Waals surface area contributed by atoms with Crippen LogP contribution in [-0.4, -0.2) is 67.2 Å². The molecule has 0 saturated carbocycles. The van der Waals surface area contributed by atoms with Gasteiger partial charge >= 0.3 is 0 Å². The molecule has 1 saturated heterocycles. The molecule has 5 N–H and O–H groups in total. The van der Waals surface area contributed by atoms with E-state index >= 15 is 0 Å². The maximum Gasteiger partial charge on any atom is 0.248 e. The minimum absolute atomic E-state index is 0.125. The molecule has 1 fully saturated rings. The van der Waals surface area contributed by atoms with Crippen molar-refractivity contribution >= 4 is 11.8 Å². The number of nitrogens with two attached hydrogens (primary N) is 1. The van der Waals surface area contributed by atoms with Gasteiger partial charge in [-0.15, -0.1) is 0 Å². The molecule has 1 atom stereocenters. The first-order valence-corrected chi connectivity index (χ1v) is 5.76. The molecule has 0 radical (unpaired) electrons. The summed E-state index contributed by atoms with van der Waals surface area (Å²) in [7, 11) is 0. The van der Waals surface area contributed by atoms with Crippen LogP contribution in [0.3, 0.4) is 0 Å². The second kappa shape index (κ2) is 7.21. The lowest BCUT2D eigenvalue weighted by Crippen LogP contribution is -2.44. The number of hydrogen-bond donors (Lipinski definition) is 4. The average molecular weight is 244 g/mol. The first-order valence-electron chi connectivity index (χ1n) is 5.76. The topological polar surface area (TPSA) is 108 Å². The van der Waals surface area contributed by atoms with E-state index in [9.17, 15) is 9.59 Å². The zero-order chi connectivity index (χ0) is 12.7. The number of carbonyl (C=O) groups excluding carboxylic acids is 2. The van der Waals surface area contributed by atoms with E-state index < -0.39 is 12.0 Å². The zero-order valence-electron chi connectivity index (χ0n) is 9.82. The monoisotopic (exact) mass is 244 g/mol. The number of hydrogen-bond acceptors (Lipinski definition) is 5. The Labute approximate surface area is 100 Å². The number of carbonyl (C=O) groups is 2. The molecule has 2 amide bonds. The van der Waals surface area contributed by atoms with Gasteiger partial charge in [-0.05, 0) is 19.5 Å². The van der Waals surface area contributed by atoms with Crippen molar-refractivity contribution in [3.8, 4) is 0 Å². The van der Waals surface area contributed by atoms with E-state index in [0.29, 0.717) is 0 Å². The van der Waals surface area contributed by atoms with E-state index in [0.717, 1.165) is 32.6 Å². The van der Waals surface area contributed by atoms with Crippen LogP contribution in [0.5, 0.6) is 0 Å². The van der Waals surface area contributed by atoms with Crippen LogP contribution < -0.4 is 16.4 Å². The Morgan fingerprint density at radius 2 is 2.18 bits per heavy atom.